The summed E-state index contributed by atoms with van der Waals surface area (Å²) in [5, 5.41) is 13.5. The van der Waals surface area contributed by atoms with E-state index in [-0.39, 0.29) is 0 Å². The molecule has 3 aromatic rings. The lowest BCUT2D eigenvalue weighted by molar-refractivity contribution is 0.1000. The lowest BCUT2D eigenvalue weighted by Gasteiger charge is -2.16. The summed E-state index contributed by atoms with van der Waals surface area (Å²) in [7, 11) is 0. The van der Waals surface area contributed by atoms with E-state index in [0.29, 0.717) is 16.8 Å². The molecule has 1 aromatic heterocycles. The number of nitrogens with two attached hydrogens (primary N) is 2. The number of pyridine rings is 1. The van der Waals surface area contributed by atoms with Crippen LogP contribution in [-0.4, -0.2) is 16.0 Å². The minimum Gasteiger partial charge on any atom is -0.399 e. The van der Waals surface area contributed by atoms with Crippen LogP contribution < -0.4 is 16.8 Å². The first-order valence-electron chi connectivity index (χ1n) is 9.05. The van der Waals surface area contributed by atoms with Gasteiger partial charge in [-0.25, -0.2) is 0 Å². The Morgan fingerprint density at radius 2 is 1.89 bits per heavy atom. The molecule has 3 rings (SSSR count). The molecule has 0 aliphatic rings. The number of carbonyl (C=O) groups excluding carboxylic acids is 1. The Kier molecular flexibility index (Phi) is 5.91. The molecule has 1 amide bonds. The molecule has 0 fully saturated rings. The molecule has 0 saturated heterocycles. The highest BCUT2D eigenvalue weighted by atomic mass is 16.3. The van der Waals surface area contributed by atoms with Crippen molar-refractivity contribution in [2.75, 3.05) is 11.1 Å². The summed E-state index contributed by atoms with van der Waals surface area (Å²) >= 11 is 0. The Hall–Kier alpha value is -3.38. The third kappa shape index (κ3) is 4.86. The number of primary amides is 1. The third-order valence-corrected chi connectivity index (χ3v) is 4.63. The summed E-state index contributed by atoms with van der Waals surface area (Å²) < 4.78 is 0. The zero-order valence-electron chi connectivity index (χ0n) is 15.7. The van der Waals surface area contributed by atoms with Gasteiger partial charge in [0.25, 0.3) is 0 Å². The molecule has 0 aliphatic heterocycles. The molecule has 0 saturated carbocycles. The summed E-state index contributed by atoms with van der Waals surface area (Å²) in [6.07, 6.45) is 3.85. The molecule has 6 heteroatoms. The molecular formula is C22H24N4O2. The van der Waals surface area contributed by atoms with Crippen molar-refractivity contribution in [3.05, 3.63) is 88.7 Å². The number of nitrogens with one attached hydrogen (secondary N) is 1. The van der Waals surface area contributed by atoms with E-state index >= 15 is 0 Å². The molecule has 2 aromatic carbocycles. The number of anilines is 2. The van der Waals surface area contributed by atoms with Crippen molar-refractivity contribution in [1.29, 1.82) is 0 Å². The fourth-order valence-corrected chi connectivity index (χ4v) is 2.93. The molecular weight excluding hydrogens is 352 g/mol. The van der Waals surface area contributed by atoms with E-state index in [1.165, 1.54) is 6.20 Å². The van der Waals surface area contributed by atoms with Gasteiger partial charge < -0.3 is 21.9 Å². The highest BCUT2D eigenvalue weighted by Crippen LogP contribution is 2.22. The van der Waals surface area contributed by atoms with Gasteiger partial charge >= 0.3 is 0 Å². The van der Waals surface area contributed by atoms with Gasteiger partial charge in [-0.1, -0.05) is 24.3 Å². The van der Waals surface area contributed by atoms with Gasteiger partial charge in [0.05, 0.1) is 5.56 Å². The standard InChI is InChI=1S/C22H24N4O2/c1-14-5-8-17(11-20(14)23)22(28)26-19-4-2-3-15(10-19)6-7-16-9-18(21(24)27)13-25-12-16/h2-5,8-13,22,26,28H,6-7,23H2,1H3,(H2,24,27). The van der Waals surface area contributed by atoms with Gasteiger partial charge in [0.1, 0.15) is 0 Å². The van der Waals surface area contributed by atoms with Crippen molar-refractivity contribution in [3.63, 3.8) is 0 Å². The number of benzene rings is 2. The Morgan fingerprint density at radius 1 is 1.11 bits per heavy atom. The summed E-state index contributed by atoms with van der Waals surface area (Å²) in [6.45, 7) is 1.93. The monoisotopic (exact) mass is 376 g/mol. The van der Waals surface area contributed by atoms with Crippen LogP contribution in [0.2, 0.25) is 0 Å². The maximum atomic E-state index is 11.3. The van der Waals surface area contributed by atoms with Gasteiger partial charge in [-0.15, -0.1) is 0 Å². The van der Waals surface area contributed by atoms with Crippen LogP contribution in [0, 0.1) is 6.92 Å². The van der Waals surface area contributed by atoms with Crippen LogP contribution in [0.1, 0.15) is 38.8 Å². The highest BCUT2D eigenvalue weighted by Gasteiger charge is 2.09. The summed E-state index contributed by atoms with van der Waals surface area (Å²) in [5.74, 6) is -0.480. The molecule has 144 valence electrons. The number of hydrogen-bond donors (Lipinski definition) is 4. The van der Waals surface area contributed by atoms with Crippen LogP contribution in [0.5, 0.6) is 0 Å². The van der Waals surface area contributed by atoms with Crippen molar-refractivity contribution >= 4 is 17.3 Å². The fraction of sp³-hybridized carbons (Fsp3) is 0.182. The highest BCUT2D eigenvalue weighted by molar-refractivity contribution is 5.92. The molecule has 6 N–H and O–H groups in total. The number of amides is 1. The van der Waals surface area contributed by atoms with Crippen LogP contribution in [0.4, 0.5) is 11.4 Å². The number of rotatable bonds is 7. The topological polar surface area (TPSA) is 114 Å². The molecule has 0 spiro atoms. The third-order valence-electron chi connectivity index (χ3n) is 4.63. The Morgan fingerprint density at radius 3 is 2.64 bits per heavy atom. The zero-order valence-corrected chi connectivity index (χ0v) is 15.7. The van der Waals surface area contributed by atoms with E-state index in [2.05, 4.69) is 10.3 Å². The van der Waals surface area contributed by atoms with Crippen LogP contribution >= 0.6 is 0 Å². The average Bonchev–Trinajstić information content (AvgIpc) is 2.69. The zero-order chi connectivity index (χ0) is 20.1. The summed E-state index contributed by atoms with van der Waals surface area (Å²) in [5.41, 5.74) is 16.8. The first-order valence-corrected chi connectivity index (χ1v) is 9.05. The van der Waals surface area contributed by atoms with Crippen molar-refractivity contribution in [2.24, 2.45) is 5.73 Å². The lowest BCUT2D eigenvalue weighted by atomic mass is 10.0. The molecule has 1 heterocycles. The van der Waals surface area contributed by atoms with E-state index in [9.17, 15) is 9.90 Å². The molecule has 1 unspecified atom stereocenters. The molecule has 6 nitrogen and oxygen atoms in total. The van der Waals surface area contributed by atoms with Crippen molar-refractivity contribution in [1.82, 2.24) is 4.98 Å². The van der Waals surface area contributed by atoms with Crippen molar-refractivity contribution in [3.8, 4) is 0 Å². The van der Waals surface area contributed by atoms with E-state index < -0.39 is 12.1 Å². The summed E-state index contributed by atoms with van der Waals surface area (Å²) in [4.78, 5) is 15.3. The number of aryl methyl sites for hydroxylation is 3. The predicted molar refractivity (Wildman–Crippen MR) is 111 cm³/mol. The van der Waals surface area contributed by atoms with Gasteiger partial charge in [0.15, 0.2) is 6.23 Å². The largest absolute Gasteiger partial charge is 0.399 e. The number of aromatic nitrogens is 1. The van der Waals surface area contributed by atoms with Gasteiger partial charge in [0.2, 0.25) is 5.91 Å². The SMILES string of the molecule is Cc1ccc(C(O)Nc2cccc(CCc3cncc(C(N)=O)c3)c2)cc1N. The van der Waals surface area contributed by atoms with Crippen molar-refractivity contribution in [2.45, 2.75) is 26.0 Å². The van der Waals surface area contributed by atoms with E-state index in [1.54, 1.807) is 18.3 Å². The second-order valence-corrected chi connectivity index (χ2v) is 6.81. The van der Waals surface area contributed by atoms with Gasteiger partial charge in [-0.3, -0.25) is 9.78 Å². The van der Waals surface area contributed by atoms with Gasteiger partial charge in [0, 0.05) is 29.3 Å². The smallest absolute Gasteiger partial charge is 0.250 e. The molecule has 1 atom stereocenters. The molecule has 0 radical (unpaired) electrons. The number of nitrogen functional groups attached to an aromatic ring is 1. The normalized spacial score (nSPS) is 11.8. The first kappa shape index (κ1) is 19.4. The second-order valence-electron chi connectivity index (χ2n) is 6.81. The number of hydrogen-bond acceptors (Lipinski definition) is 5. The molecule has 0 bridgehead atoms. The van der Waals surface area contributed by atoms with E-state index in [1.807, 2.05) is 43.3 Å². The number of carbonyl (C=O) groups is 1. The number of aliphatic hydroxyl groups is 1. The first-order chi connectivity index (χ1) is 13.4. The number of aliphatic hydroxyl groups excluding tert-OH is 1. The Bertz CT molecular complexity index is 988. The maximum absolute atomic E-state index is 11.3. The minimum atomic E-state index is -0.852. The molecule has 0 aliphatic carbocycles. The van der Waals surface area contributed by atoms with Gasteiger partial charge in [-0.2, -0.15) is 0 Å². The predicted octanol–water partition coefficient (Wildman–Crippen LogP) is 2.96. The van der Waals surface area contributed by atoms with Crippen LogP contribution in [-0.2, 0) is 12.8 Å². The lowest BCUT2D eigenvalue weighted by Crippen LogP contribution is -2.11. The van der Waals surface area contributed by atoms with Crippen LogP contribution in [0.3, 0.4) is 0 Å². The Balaban J connectivity index is 1.66. The van der Waals surface area contributed by atoms with Crippen LogP contribution in [0.25, 0.3) is 0 Å². The van der Waals surface area contributed by atoms with E-state index in [0.717, 1.165) is 35.2 Å². The van der Waals surface area contributed by atoms with Gasteiger partial charge in [-0.05, 0) is 60.7 Å². The van der Waals surface area contributed by atoms with E-state index in [4.69, 9.17) is 11.5 Å². The number of nitrogens with zero attached hydrogens (tertiary/aromatic N) is 1. The minimum absolute atomic E-state index is 0.411. The fourth-order valence-electron chi connectivity index (χ4n) is 2.93. The van der Waals surface area contributed by atoms with Crippen LogP contribution in [0.15, 0.2) is 60.9 Å². The quantitative estimate of drug-likeness (QED) is 0.374. The second kappa shape index (κ2) is 8.54. The average molecular weight is 376 g/mol. The maximum Gasteiger partial charge on any atom is 0.250 e. The van der Waals surface area contributed by atoms with Crippen molar-refractivity contribution < 1.29 is 9.90 Å². The molecule has 28 heavy (non-hydrogen) atoms. The summed E-state index contributed by atoms with van der Waals surface area (Å²) in [6, 6.07) is 15.1. The Labute approximate surface area is 164 Å².